The molecule has 0 aliphatic rings. The molecule has 6 heteroatoms. The smallest absolute Gasteiger partial charge is 0.164 e. The number of hydrogen-bond acceptors (Lipinski definition) is 5. The molecule has 4 aromatic heterocycles. The highest BCUT2D eigenvalue weighted by molar-refractivity contribution is 6.14. The number of furan rings is 2. The molecule has 0 N–H and O–H groups in total. The topological polar surface area (TPSA) is 69.9 Å². The molecule has 0 saturated carbocycles. The number of aromatic nitrogens is 4. The van der Waals surface area contributed by atoms with Crippen LogP contribution in [0.5, 0.6) is 0 Å². The fraction of sp³-hybridized carbons (Fsp3) is 0. The van der Waals surface area contributed by atoms with Gasteiger partial charge in [-0.1, -0.05) is 158 Å². The zero-order valence-corrected chi connectivity index (χ0v) is 37.0. The number of fused-ring (bicyclic) bond motifs is 9. The molecule has 14 rings (SSSR count). The van der Waals surface area contributed by atoms with Crippen LogP contribution in [0.25, 0.3) is 139 Å². The van der Waals surface area contributed by atoms with Gasteiger partial charge in [0.25, 0.3) is 0 Å². The zero-order valence-electron chi connectivity index (χ0n) is 37.0. The van der Waals surface area contributed by atoms with Crippen molar-refractivity contribution in [2.45, 2.75) is 0 Å². The molecule has 14 aromatic rings. The van der Waals surface area contributed by atoms with Gasteiger partial charge in [-0.2, -0.15) is 0 Å². The number of para-hydroxylation sites is 1. The van der Waals surface area contributed by atoms with E-state index in [4.69, 9.17) is 23.8 Å². The quantitative estimate of drug-likeness (QED) is 0.159. The van der Waals surface area contributed by atoms with Crippen LogP contribution in [0.15, 0.2) is 239 Å². The average Bonchev–Trinajstić information content (AvgIpc) is 4.10. The molecule has 0 unspecified atom stereocenters. The van der Waals surface area contributed by atoms with Crippen molar-refractivity contribution in [2.75, 3.05) is 0 Å². The summed E-state index contributed by atoms with van der Waals surface area (Å²) in [5.74, 6) is 1.70. The van der Waals surface area contributed by atoms with Crippen LogP contribution in [0.3, 0.4) is 0 Å². The van der Waals surface area contributed by atoms with Gasteiger partial charge in [0.05, 0.1) is 11.0 Å². The summed E-state index contributed by atoms with van der Waals surface area (Å²) in [6.07, 6.45) is 0. The maximum atomic E-state index is 6.60. The van der Waals surface area contributed by atoms with E-state index in [2.05, 4.69) is 168 Å². The lowest BCUT2D eigenvalue weighted by Crippen LogP contribution is -2.00. The molecule has 0 aliphatic heterocycles. The fourth-order valence-electron chi connectivity index (χ4n) is 10.1. The molecule has 0 fully saturated rings. The van der Waals surface area contributed by atoms with Crippen LogP contribution in [-0.4, -0.2) is 19.5 Å². The predicted molar refractivity (Wildman–Crippen MR) is 281 cm³/mol. The molecule has 0 bridgehead atoms. The SMILES string of the molecule is c1ccc(-c2cccc(-n3c4ccc(-c5ccccc5)cc4c4cc(-c5ccc6oc7cccc(-c8nc(-c9ccccc9)nc(-c9ccc%10c(c9)oc9ccccc9%10)n8)c7c6c5)ccc43)c2)cc1. The second-order valence-corrected chi connectivity index (χ2v) is 17.6. The van der Waals surface area contributed by atoms with Crippen LogP contribution in [0.2, 0.25) is 0 Å². The lowest BCUT2D eigenvalue weighted by Gasteiger charge is -2.11. The van der Waals surface area contributed by atoms with Crippen LogP contribution in [0.1, 0.15) is 0 Å². The Morgan fingerprint density at radius 1 is 0.275 bits per heavy atom. The predicted octanol–water partition coefficient (Wildman–Crippen LogP) is 16.8. The molecule has 0 spiro atoms. The molecule has 0 atom stereocenters. The van der Waals surface area contributed by atoms with E-state index in [1.54, 1.807) is 0 Å². The van der Waals surface area contributed by atoms with Crippen LogP contribution in [-0.2, 0) is 0 Å². The highest BCUT2D eigenvalue weighted by Gasteiger charge is 2.21. The van der Waals surface area contributed by atoms with Crippen LogP contribution >= 0.6 is 0 Å². The number of nitrogens with zero attached hydrogens (tertiary/aromatic N) is 4. The van der Waals surface area contributed by atoms with Gasteiger partial charge < -0.3 is 13.4 Å². The second kappa shape index (κ2) is 15.6. The summed E-state index contributed by atoms with van der Waals surface area (Å²) in [7, 11) is 0. The maximum Gasteiger partial charge on any atom is 0.164 e. The standard InChI is InChI=1S/C63H38N4O2/c1-4-14-39(15-5-1)42-20-12-21-47(34-42)67-54-31-27-43(40-16-6-2-7-17-40)35-51(54)52-36-44(28-32-55(52)67)45-29-33-57-53(37-45)60-50(23-13-25-58(60)68-57)63-65-61(41-18-8-3-9-19-41)64-62(66-63)46-26-30-49-48-22-10-11-24-56(48)69-59(49)38-46/h1-38H. The molecule has 4 heterocycles. The summed E-state index contributed by atoms with van der Waals surface area (Å²) in [6, 6.07) is 80.7. The van der Waals surface area contributed by atoms with Crippen molar-refractivity contribution in [2.24, 2.45) is 0 Å². The van der Waals surface area contributed by atoms with Gasteiger partial charge in [-0.3, -0.25) is 0 Å². The third-order valence-electron chi connectivity index (χ3n) is 13.5. The minimum atomic E-state index is 0.557. The van der Waals surface area contributed by atoms with Gasteiger partial charge >= 0.3 is 0 Å². The molecule has 0 saturated heterocycles. The Balaban J connectivity index is 0.933. The van der Waals surface area contributed by atoms with Gasteiger partial charge in [0.1, 0.15) is 22.3 Å². The van der Waals surface area contributed by atoms with E-state index < -0.39 is 0 Å². The summed E-state index contributed by atoms with van der Waals surface area (Å²) in [5, 5.41) is 6.42. The first-order valence-electron chi connectivity index (χ1n) is 23.2. The Kier molecular flexibility index (Phi) is 8.79. The average molecular weight is 883 g/mol. The Morgan fingerprint density at radius 2 is 0.768 bits per heavy atom. The summed E-state index contributed by atoms with van der Waals surface area (Å²) in [6.45, 7) is 0. The molecule has 0 amide bonds. The van der Waals surface area contributed by atoms with Crippen molar-refractivity contribution in [1.29, 1.82) is 0 Å². The molecular formula is C63H38N4O2. The van der Waals surface area contributed by atoms with E-state index in [1.807, 2.05) is 66.7 Å². The van der Waals surface area contributed by atoms with E-state index in [0.29, 0.717) is 17.5 Å². The van der Waals surface area contributed by atoms with Crippen molar-refractivity contribution >= 4 is 65.7 Å². The van der Waals surface area contributed by atoms with Crippen molar-refractivity contribution in [3.8, 4) is 73.2 Å². The lowest BCUT2D eigenvalue weighted by atomic mass is 9.98. The van der Waals surface area contributed by atoms with Crippen molar-refractivity contribution in [1.82, 2.24) is 19.5 Å². The normalized spacial score (nSPS) is 11.8. The highest BCUT2D eigenvalue weighted by Crippen LogP contribution is 2.42. The molecular weight excluding hydrogens is 845 g/mol. The van der Waals surface area contributed by atoms with Crippen molar-refractivity contribution in [3.63, 3.8) is 0 Å². The van der Waals surface area contributed by atoms with Crippen LogP contribution < -0.4 is 0 Å². The van der Waals surface area contributed by atoms with Gasteiger partial charge in [0.2, 0.25) is 0 Å². The number of benzene rings is 10. The third-order valence-corrected chi connectivity index (χ3v) is 13.5. The van der Waals surface area contributed by atoms with Crippen LogP contribution in [0.4, 0.5) is 0 Å². The first-order chi connectivity index (χ1) is 34.2. The zero-order chi connectivity index (χ0) is 45.4. The fourth-order valence-corrected chi connectivity index (χ4v) is 10.1. The van der Waals surface area contributed by atoms with Crippen molar-refractivity contribution in [3.05, 3.63) is 231 Å². The Labute approximate surface area is 396 Å². The minimum Gasteiger partial charge on any atom is -0.456 e. The second-order valence-electron chi connectivity index (χ2n) is 17.6. The summed E-state index contributed by atoms with van der Waals surface area (Å²) < 4.78 is 15.3. The van der Waals surface area contributed by atoms with E-state index in [1.165, 1.54) is 33.0 Å². The molecule has 10 aromatic carbocycles. The van der Waals surface area contributed by atoms with Gasteiger partial charge in [0.15, 0.2) is 17.5 Å². The Bertz CT molecular complexity index is 4300. The van der Waals surface area contributed by atoms with Crippen molar-refractivity contribution < 1.29 is 8.83 Å². The summed E-state index contributed by atoms with van der Waals surface area (Å²) in [5.41, 5.74) is 16.1. The summed E-state index contributed by atoms with van der Waals surface area (Å²) >= 11 is 0. The van der Waals surface area contributed by atoms with Gasteiger partial charge in [-0.15, -0.1) is 0 Å². The number of rotatable bonds is 7. The monoisotopic (exact) mass is 882 g/mol. The van der Waals surface area contributed by atoms with E-state index in [9.17, 15) is 0 Å². The molecule has 0 aliphatic carbocycles. The van der Waals surface area contributed by atoms with Gasteiger partial charge in [0, 0.05) is 54.7 Å². The lowest BCUT2D eigenvalue weighted by molar-refractivity contribution is 0.668. The van der Waals surface area contributed by atoms with Gasteiger partial charge in [-0.25, -0.2) is 15.0 Å². The first-order valence-corrected chi connectivity index (χ1v) is 23.2. The van der Waals surface area contributed by atoms with E-state index >= 15 is 0 Å². The Hall–Kier alpha value is -9.39. The van der Waals surface area contributed by atoms with E-state index in [-0.39, 0.29) is 0 Å². The van der Waals surface area contributed by atoms with Gasteiger partial charge in [-0.05, 0) is 106 Å². The first kappa shape index (κ1) is 38.8. The summed E-state index contributed by atoms with van der Waals surface area (Å²) in [4.78, 5) is 15.4. The van der Waals surface area contributed by atoms with E-state index in [0.717, 1.165) is 88.4 Å². The highest BCUT2D eigenvalue weighted by atomic mass is 16.3. The third kappa shape index (κ3) is 6.53. The molecule has 322 valence electrons. The van der Waals surface area contributed by atoms with Crippen LogP contribution in [0, 0.1) is 0 Å². The largest absolute Gasteiger partial charge is 0.456 e. The number of hydrogen-bond donors (Lipinski definition) is 0. The molecule has 0 radical (unpaired) electrons. The minimum absolute atomic E-state index is 0.557. The molecule has 6 nitrogen and oxygen atoms in total. The Morgan fingerprint density at radius 3 is 1.49 bits per heavy atom. The maximum absolute atomic E-state index is 6.60. The molecule has 69 heavy (non-hydrogen) atoms.